The predicted octanol–water partition coefficient (Wildman–Crippen LogP) is 1.26. The molecule has 3 heteroatoms. The van der Waals surface area contributed by atoms with E-state index in [9.17, 15) is 4.79 Å². The Morgan fingerprint density at radius 3 is 2.40 bits per heavy atom. The maximum atomic E-state index is 10.4. The van der Waals surface area contributed by atoms with Gasteiger partial charge in [0.25, 0.3) is 0 Å². The van der Waals surface area contributed by atoms with Crippen LogP contribution in [0.25, 0.3) is 0 Å². The monoisotopic (exact) mass is 161 g/mol. The molecule has 0 N–H and O–H groups in total. The Balaban J connectivity index is 3.81. The number of carbonyl (C=O) groups excluding carboxylic acids is 1. The summed E-state index contributed by atoms with van der Waals surface area (Å²) in [6.07, 6.45) is 1.80. The topological polar surface area (TPSA) is 20.3 Å². The van der Waals surface area contributed by atoms with E-state index >= 15 is 0 Å². The third kappa shape index (κ3) is 4.53. The van der Waals surface area contributed by atoms with Gasteiger partial charge in [0.2, 0.25) is 5.24 Å². The van der Waals surface area contributed by atoms with Crippen LogP contribution in [-0.4, -0.2) is 30.8 Å². The molecule has 10 heavy (non-hydrogen) atoms. The third-order valence-corrected chi connectivity index (χ3v) is 1.37. The van der Waals surface area contributed by atoms with E-state index < -0.39 is 0 Å². The highest BCUT2D eigenvalue weighted by molar-refractivity contribution is 6.67. The van der Waals surface area contributed by atoms with Crippen molar-refractivity contribution >= 4 is 16.8 Å². The zero-order valence-corrected chi connectivity index (χ0v) is 7.27. The van der Waals surface area contributed by atoms with E-state index in [1.807, 2.05) is 19.0 Å². The molecule has 0 spiro atoms. The summed E-state index contributed by atoms with van der Waals surface area (Å²) in [4.78, 5) is 12.4. The second-order valence-corrected chi connectivity index (χ2v) is 2.77. The average molecular weight is 162 g/mol. The largest absolute Gasteiger partial charge is 0.306 e. The summed E-state index contributed by atoms with van der Waals surface area (Å²) in [6.45, 7) is 2.46. The minimum absolute atomic E-state index is 0.373. The minimum Gasteiger partial charge on any atom is -0.306 e. The normalized spacial score (nSPS) is 12.3. The van der Waals surface area contributed by atoms with Gasteiger partial charge in [-0.2, -0.15) is 0 Å². The first-order valence-corrected chi connectivity index (χ1v) is 3.43. The third-order valence-electron chi connectivity index (χ3n) is 1.07. The predicted molar refractivity (Wildman–Crippen MR) is 43.2 cm³/mol. The van der Waals surface area contributed by atoms with Gasteiger partial charge in [-0.3, -0.25) is 4.79 Å². The van der Waals surface area contributed by atoms with Gasteiger partial charge in [-0.25, -0.2) is 0 Å². The standard InChI is InChI=1S/C7H12ClNO/c1-6(7(8)10)4-5-9(2)3/h4H,5H2,1-3H3. The molecule has 0 aliphatic heterocycles. The fraction of sp³-hybridized carbons (Fsp3) is 0.571. The molecule has 0 aromatic carbocycles. The van der Waals surface area contributed by atoms with Crippen molar-refractivity contribution in [1.29, 1.82) is 0 Å². The van der Waals surface area contributed by atoms with Crippen LogP contribution in [0.2, 0.25) is 0 Å². The Morgan fingerprint density at radius 2 is 2.10 bits per heavy atom. The fourth-order valence-electron chi connectivity index (χ4n) is 0.400. The number of allylic oxidation sites excluding steroid dienone is 1. The molecule has 2 nitrogen and oxygen atoms in total. The fourth-order valence-corrected chi connectivity index (χ4v) is 0.477. The molecule has 0 rings (SSSR count). The van der Waals surface area contributed by atoms with Crippen LogP contribution in [0.5, 0.6) is 0 Å². The smallest absolute Gasteiger partial charge is 0.247 e. The summed E-state index contributed by atoms with van der Waals surface area (Å²) in [5, 5.41) is -0.373. The van der Waals surface area contributed by atoms with E-state index in [0.29, 0.717) is 5.57 Å². The first kappa shape index (κ1) is 9.66. The molecule has 0 bridgehead atoms. The SMILES string of the molecule is CC(=CCN(C)C)C(=O)Cl. The van der Waals surface area contributed by atoms with Gasteiger partial charge >= 0.3 is 0 Å². The number of hydrogen-bond donors (Lipinski definition) is 0. The molecule has 0 unspecified atom stereocenters. The summed E-state index contributed by atoms with van der Waals surface area (Å²) in [7, 11) is 3.87. The van der Waals surface area contributed by atoms with E-state index in [-0.39, 0.29) is 5.24 Å². The molecule has 0 atom stereocenters. The van der Waals surface area contributed by atoms with Crippen LogP contribution in [0, 0.1) is 0 Å². The molecule has 0 radical (unpaired) electrons. The molecule has 0 saturated heterocycles. The van der Waals surface area contributed by atoms with E-state index in [1.54, 1.807) is 13.0 Å². The summed E-state index contributed by atoms with van der Waals surface area (Å²) >= 11 is 5.19. The van der Waals surface area contributed by atoms with Crippen molar-refractivity contribution in [3.05, 3.63) is 11.6 Å². The molecular weight excluding hydrogens is 150 g/mol. The van der Waals surface area contributed by atoms with Gasteiger partial charge in [0.05, 0.1) is 0 Å². The molecule has 0 fully saturated rings. The van der Waals surface area contributed by atoms with E-state index in [0.717, 1.165) is 6.54 Å². The molecular formula is C7H12ClNO. The van der Waals surface area contributed by atoms with Crippen molar-refractivity contribution in [1.82, 2.24) is 4.90 Å². The van der Waals surface area contributed by atoms with Crippen molar-refractivity contribution in [2.45, 2.75) is 6.92 Å². The van der Waals surface area contributed by atoms with Gasteiger partial charge in [0.1, 0.15) is 0 Å². The van der Waals surface area contributed by atoms with Gasteiger partial charge in [-0.1, -0.05) is 6.08 Å². The maximum Gasteiger partial charge on any atom is 0.247 e. The van der Waals surface area contributed by atoms with E-state index in [1.165, 1.54) is 0 Å². The molecule has 0 aliphatic carbocycles. The van der Waals surface area contributed by atoms with Crippen molar-refractivity contribution in [2.75, 3.05) is 20.6 Å². The lowest BCUT2D eigenvalue weighted by Gasteiger charge is -2.04. The summed E-state index contributed by atoms with van der Waals surface area (Å²) in [5.41, 5.74) is 0.607. The lowest BCUT2D eigenvalue weighted by molar-refractivity contribution is -0.108. The van der Waals surface area contributed by atoms with Crippen LogP contribution in [0.3, 0.4) is 0 Å². The second-order valence-electron chi connectivity index (χ2n) is 2.42. The van der Waals surface area contributed by atoms with Crippen molar-refractivity contribution in [3.63, 3.8) is 0 Å². The van der Waals surface area contributed by atoms with Crippen LogP contribution in [0.4, 0.5) is 0 Å². The molecule has 0 aromatic heterocycles. The molecule has 0 amide bonds. The van der Waals surface area contributed by atoms with Gasteiger partial charge in [0, 0.05) is 12.1 Å². The Hall–Kier alpha value is -0.340. The number of rotatable bonds is 3. The van der Waals surface area contributed by atoms with Crippen molar-refractivity contribution < 1.29 is 4.79 Å². The first-order valence-electron chi connectivity index (χ1n) is 3.05. The minimum atomic E-state index is -0.373. The number of likely N-dealkylation sites (N-methyl/N-ethyl adjacent to an activating group) is 1. The number of nitrogens with zero attached hydrogens (tertiary/aromatic N) is 1. The zero-order chi connectivity index (χ0) is 8.15. The summed E-state index contributed by atoms with van der Waals surface area (Å²) in [5.74, 6) is 0. The molecule has 0 aliphatic rings. The van der Waals surface area contributed by atoms with Gasteiger partial charge in [-0.15, -0.1) is 0 Å². The van der Waals surface area contributed by atoms with Gasteiger partial charge in [0.15, 0.2) is 0 Å². The Morgan fingerprint density at radius 1 is 1.60 bits per heavy atom. The summed E-state index contributed by atoms with van der Waals surface area (Å²) < 4.78 is 0. The van der Waals surface area contributed by atoms with Gasteiger partial charge in [-0.05, 0) is 32.6 Å². The molecule has 58 valence electrons. The van der Waals surface area contributed by atoms with Crippen LogP contribution < -0.4 is 0 Å². The van der Waals surface area contributed by atoms with E-state index in [4.69, 9.17) is 11.6 Å². The van der Waals surface area contributed by atoms with Crippen LogP contribution in [0.15, 0.2) is 11.6 Å². The van der Waals surface area contributed by atoms with Crippen molar-refractivity contribution in [3.8, 4) is 0 Å². The Labute approximate surface area is 66.5 Å². The summed E-state index contributed by atoms with van der Waals surface area (Å²) in [6, 6.07) is 0. The van der Waals surface area contributed by atoms with Gasteiger partial charge < -0.3 is 4.90 Å². The molecule has 0 heterocycles. The zero-order valence-electron chi connectivity index (χ0n) is 6.52. The van der Waals surface area contributed by atoms with Crippen LogP contribution in [-0.2, 0) is 4.79 Å². The average Bonchev–Trinajstić information content (AvgIpc) is 1.82. The number of hydrogen-bond acceptors (Lipinski definition) is 2. The number of carbonyl (C=O) groups is 1. The first-order chi connectivity index (χ1) is 4.54. The second kappa shape index (κ2) is 4.47. The molecule has 0 saturated carbocycles. The molecule has 0 aromatic rings. The highest BCUT2D eigenvalue weighted by Gasteiger charge is 1.96. The number of halogens is 1. The van der Waals surface area contributed by atoms with Crippen LogP contribution >= 0.6 is 11.6 Å². The van der Waals surface area contributed by atoms with E-state index in [2.05, 4.69) is 0 Å². The highest BCUT2D eigenvalue weighted by Crippen LogP contribution is 1.97. The quantitative estimate of drug-likeness (QED) is 0.459. The van der Waals surface area contributed by atoms with Crippen molar-refractivity contribution in [2.24, 2.45) is 0 Å². The lowest BCUT2D eigenvalue weighted by Crippen LogP contribution is -2.11. The maximum absolute atomic E-state index is 10.4. The lowest BCUT2D eigenvalue weighted by atomic mass is 10.3. The Bertz CT molecular complexity index is 152. The Kier molecular flexibility index (Phi) is 4.32. The van der Waals surface area contributed by atoms with Crippen LogP contribution in [0.1, 0.15) is 6.92 Å². The highest BCUT2D eigenvalue weighted by atomic mass is 35.5.